The van der Waals surface area contributed by atoms with E-state index in [1.165, 1.54) is 23.1 Å². The summed E-state index contributed by atoms with van der Waals surface area (Å²) < 4.78 is 2.53. The maximum absolute atomic E-state index is 11.5. The van der Waals surface area contributed by atoms with E-state index < -0.39 is 0 Å². The van der Waals surface area contributed by atoms with Gasteiger partial charge in [0.15, 0.2) is 11.4 Å². The number of hydrogen-bond acceptors (Lipinski definition) is 5. The van der Waals surface area contributed by atoms with Crippen LogP contribution in [0.15, 0.2) is 26.3 Å². The number of thiophene rings is 1. The third kappa shape index (κ3) is 2.50. The zero-order chi connectivity index (χ0) is 12.4. The fourth-order valence-corrected chi connectivity index (χ4v) is 3.39. The molecule has 0 atom stereocenters. The van der Waals surface area contributed by atoms with Gasteiger partial charge in [-0.1, -0.05) is 0 Å². The van der Waals surface area contributed by atoms with Gasteiger partial charge in [-0.25, -0.2) is 9.89 Å². The molecule has 0 aliphatic carbocycles. The molecule has 1 N–H and O–H groups in total. The fourth-order valence-electron chi connectivity index (χ4n) is 1.36. The molecule has 2 rings (SSSR count). The summed E-state index contributed by atoms with van der Waals surface area (Å²) in [5.74, 6) is 0. The van der Waals surface area contributed by atoms with Gasteiger partial charge in [0.25, 0.3) is 0 Å². The molecular formula is C10H11N3O2S2. The zero-order valence-corrected chi connectivity index (χ0v) is 11.0. The molecule has 2 aromatic rings. The summed E-state index contributed by atoms with van der Waals surface area (Å²) in [5.41, 5.74) is -0.213. The Morgan fingerprint density at radius 1 is 1.53 bits per heavy atom. The van der Waals surface area contributed by atoms with Crippen LogP contribution in [-0.4, -0.2) is 21.1 Å². The molecule has 0 spiro atoms. The summed E-state index contributed by atoms with van der Waals surface area (Å²) in [5, 5.41) is 7.02. The second-order valence-electron chi connectivity index (χ2n) is 3.65. The Labute approximate surface area is 106 Å². The van der Waals surface area contributed by atoms with Gasteiger partial charge in [0.2, 0.25) is 0 Å². The first-order valence-corrected chi connectivity index (χ1v) is 6.65. The Morgan fingerprint density at radius 3 is 2.88 bits per heavy atom. The van der Waals surface area contributed by atoms with Crippen molar-refractivity contribution in [3.8, 4) is 0 Å². The van der Waals surface area contributed by atoms with Crippen LogP contribution in [0.1, 0.15) is 29.6 Å². The summed E-state index contributed by atoms with van der Waals surface area (Å²) in [4.78, 5) is 22.8. The Hall–Kier alpha value is -1.34. The lowest BCUT2D eigenvalue weighted by Gasteiger charge is -2.06. The molecule has 0 unspecified atom stereocenters. The highest BCUT2D eigenvalue weighted by Crippen LogP contribution is 2.31. The van der Waals surface area contributed by atoms with Gasteiger partial charge < -0.3 is 0 Å². The summed E-state index contributed by atoms with van der Waals surface area (Å²) >= 11 is 2.76. The van der Waals surface area contributed by atoms with Crippen molar-refractivity contribution in [3.05, 3.63) is 27.5 Å². The topological polar surface area (TPSA) is 67.8 Å². The largest absolute Gasteiger partial charge is 0.344 e. The van der Waals surface area contributed by atoms with Gasteiger partial charge in [-0.3, -0.25) is 9.36 Å². The van der Waals surface area contributed by atoms with E-state index in [1.807, 2.05) is 19.9 Å². The van der Waals surface area contributed by atoms with Crippen molar-refractivity contribution in [2.45, 2.75) is 29.3 Å². The third-order valence-corrected chi connectivity index (χ3v) is 4.21. The summed E-state index contributed by atoms with van der Waals surface area (Å²) in [6.45, 7) is 3.85. The van der Waals surface area contributed by atoms with Crippen molar-refractivity contribution >= 4 is 29.4 Å². The van der Waals surface area contributed by atoms with Gasteiger partial charge in [0.1, 0.15) is 0 Å². The normalized spacial score (nSPS) is 11.0. The van der Waals surface area contributed by atoms with Crippen LogP contribution in [0.5, 0.6) is 0 Å². The molecule has 90 valence electrons. The first kappa shape index (κ1) is 12.1. The minimum Gasteiger partial charge on any atom is -0.297 e. The lowest BCUT2D eigenvalue weighted by Crippen LogP contribution is -2.19. The standard InChI is InChI=1S/C10H11N3O2S2/c1-6(2)13-9(15)11-12-10(13)17-8-4-3-7(5-14)16-8/h3-6H,1-2H3,(H,11,15). The Morgan fingerprint density at radius 2 is 2.29 bits per heavy atom. The number of aldehydes is 1. The van der Waals surface area contributed by atoms with Gasteiger partial charge in [-0.05, 0) is 37.7 Å². The molecular weight excluding hydrogens is 258 g/mol. The molecule has 0 radical (unpaired) electrons. The molecule has 0 aromatic carbocycles. The Bertz CT molecular complexity index is 582. The highest BCUT2D eigenvalue weighted by atomic mass is 32.2. The first-order valence-electron chi connectivity index (χ1n) is 5.01. The average molecular weight is 269 g/mol. The molecule has 0 aliphatic heterocycles. The minimum absolute atomic E-state index is 0.0502. The average Bonchev–Trinajstić information content (AvgIpc) is 2.86. The van der Waals surface area contributed by atoms with Crippen LogP contribution in [0, 0.1) is 0 Å². The predicted molar refractivity (Wildman–Crippen MR) is 67.1 cm³/mol. The smallest absolute Gasteiger partial charge is 0.297 e. The Balaban J connectivity index is 2.30. The summed E-state index contributed by atoms with van der Waals surface area (Å²) in [7, 11) is 0. The van der Waals surface area contributed by atoms with E-state index >= 15 is 0 Å². The number of carbonyl (C=O) groups excluding carboxylic acids is 1. The van der Waals surface area contributed by atoms with E-state index in [0.717, 1.165) is 10.5 Å². The van der Waals surface area contributed by atoms with E-state index in [9.17, 15) is 9.59 Å². The van der Waals surface area contributed by atoms with Gasteiger partial charge >= 0.3 is 5.69 Å². The second-order valence-corrected chi connectivity index (χ2v) is 6.03. The minimum atomic E-state index is -0.213. The van der Waals surface area contributed by atoms with Crippen molar-refractivity contribution < 1.29 is 4.79 Å². The van der Waals surface area contributed by atoms with Crippen molar-refractivity contribution in [1.82, 2.24) is 14.8 Å². The molecule has 17 heavy (non-hydrogen) atoms. The zero-order valence-electron chi connectivity index (χ0n) is 9.34. The molecule has 2 aromatic heterocycles. The first-order chi connectivity index (χ1) is 8.11. The van der Waals surface area contributed by atoms with E-state index in [1.54, 1.807) is 10.6 Å². The molecule has 5 nitrogen and oxygen atoms in total. The number of nitrogens with zero attached hydrogens (tertiary/aromatic N) is 2. The van der Waals surface area contributed by atoms with Crippen LogP contribution in [0.25, 0.3) is 0 Å². The van der Waals surface area contributed by atoms with Crippen LogP contribution in [0.2, 0.25) is 0 Å². The number of rotatable bonds is 4. The monoisotopic (exact) mass is 269 g/mol. The molecule has 0 fully saturated rings. The van der Waals surface area contributed by atoms with E-state index in [0.29, 0.717) is 10.0 Å². The SMILES string of the molecule is CC(C)n1c(Sc2ccc(C=O)s2)n[nH]c1=O. The molecule has 0 aliphatic rings. The number of nitrogens with one attached hydrogen (secondary N) is 1. The quantitative estimate of drug-likeness (QED) is 0.864. The highest BCUT2D eigenvalue weighted by molar-refractivity contribution is 8.01. The van der Waals surface area contributed by atoms with Crippen molar-refractivity contribution in [3.63, 3.8) is 0 Å². The van der Waals surface area contributed by atoms with E-state index in [2.05, 4.69) is 10.2 Å². The van der Waals surface area contributed by atoms with Gasteiger partial charge in [-0.2, -0.15) is 0 Å². The van der Waals surface area contributed by atoms with Gasteiger partial charge in [0.05, 0.1) is 9.09 Å². The van der Waals surface area contributed by atoms with Gasteiger partial charge in [0, 0.05) is 6.04 Å². The number of H-pyrrole nitrogens is 1. The van der Waals surface area contributed by atoms with Crippen LogP contribution in [0.4, 0.5) is 0 Å². The summed E-state index contributed by atoms with van der Waals surface area (Å²) in [6.07, 6.45) is 0.814. The predicted octanol–water partition coefficient (Wildman–Crippen LogP) is 2.18. The van der Waals surface area contributed by atoms with Crippen LogP contribution in [0.3, 0.4) is 0 Å². The second kappa shape index (κ2) is 4.89. The number of carbonyl (C=O) groups is 1. The van der Waals surface area contributed by atoms with Crippen molar-refractivity contribution in [2.24, 2.45) is 0 Å². The fraction of sp³-hybridized carbons (Fsp3) is 0.300. The molecule has 0 bridgehead atoms. The molecule has 7 heteroatoms. The number of hydrogen-bond donors (Lipinski definition) is 1. The highest BCUT2D eigenvalue weighted by Gasteiger charge is 2.13. The van der Waals surface area contributed by atoms with E-state index in [-0.39, 0.29) is 11.7 Å². The molecule has 0 saturated heterocycles. The third-order valence-electron chi connectivity index (χ3n) is 2.10. The van der Waals surface area contributed by atoms with Crippen LogP contribution >= 0.6 is 23.1 Å². The molecule has 0 amide bonds. The maximum Gasteiger partial charge on any atom is 0.344 e. The lowest BCUT2D eigenvalue weighted by atomic mass is 10.4. The van der Waals surface area contributed by atoms with Crippen molar-refractivity contribution in [1.29, 1.82) is 0 Å². The maximum atomic E-state index is 11.5. The number of aromatic amines is 1. The van der Waals surface area contributed by atoms with Crippen molar-refractivity contribution in [2.75, 3.05) is 0 Å². The molecule has 2 heterocycles. The number of aromatic nitrogens is 3. The molecule has 0 saturated carbocycles. The van der Waals surface area contributed by atoms with Crippen LogP contribution in [-0.2, 0) is 0 Å². The Kier molecular flexibility index (Phi) is 3.49. The van der Waals surface area contributed by atoms with E-state index in [4.69, 9.17) is 0 Å². The summed E-state index contributed by atoms with van der Waals surface area (Å²) in [6, 6.07) is 3.65. The van der Waals surface area contributed by atoms with Crippen LogP contribution < -0.4 is 5.69 Å². The lowest BCUT2D eigenvalue weighted by molar-refractivity contribution is 0.112. The van der Waals surface area contributed by atoms with Gasteiger partial charge in [-0.15, -0.1) is 16.4 Å².